The number of pyridine rings is 1. The van der Waals surface area contributed by atoms with Gasteiger partial charge in [-0.25, -0.2) is 9.37 Å². The quantitative estimate of drug-likeness (QED) is 0.434. The summed E-state index contributed by atoms with van der Waals surface area (Å²) >= 11 is 0. The van der Waals surface area contributed by atoms with E-state index in [-0.39, 0.29) is 11.8 Å². The molecule has 1 heterocycles. The summed E-state index contributed by atoms with van der Waals surface area (Å²) in [6.07, 6.45) is 4.37. The number of aromatic nitrogens is 1. The number of hydrogen-bond donors (Lipinski definition) is 1. The molecule has 3 aliphatic carbocycles. The molecule has 2 aromatic rings. The molecule has 5 nitrogen and oxygen atoms in total. The van der Waals surface area contributed by atoms with Crippen molar-refractivity contribution in [3.05, 3.63) is 47.4 Å². The van der Waals surface area contributed by atoms with Crippen molar-refractivity contribution in [2.24, 2.45) is 0 Å². The number of benzene rings is 1. The molecule has 0 spiro atoms. The third-order valence-electron chi connectivity index (χ3n) is 5.24. The third kappa shape index (κ3) is 3.30. The molecule has 0 amide bonds. The summed E-state index contributed by atoms with van der Waals surface area (Å²) in [6.45, 7) is 0. The standard InChI is InChI=1S/C18H16F4N2O3S/c19-12-2-1-3-13(8-12)24-14-9-23-17(27-28(25,26)18(20,21)22)16-11-6-4-10(5-7-11)15(14)16/h1-3,8-11,24H,4-7H2. The highest BCUT2D eigenvalue weighted by atomic mass is 32.2. The monoisotopic (exact) mass is 416 g/mol. The lowest BCUT2D eigenvalue weighted by molar-refractivity contribution is -0.0501. The van der Waals surface area contributed by atoms with Gasteiger partial charge in [-0.2, -0.15) is 21.6 Å². The Bertz CT molecular complexity index is 1020. The van der Waals surface area contributed by atoms with E-state index >= 15 is 0 Å². The summed E-state index contributed by atoms with van der Waals surface area (Å²) in [5.41, 5.74) is -3.45. The number of anilines is 2. The van der Waals surface area contributed by atoms with Crippen molar-refractivity contribution in [3.63, 3.8) is 0 Å². The van der Waals surface area contributed by atoms with Crippen LogP contribution in [-0.4, -0.2) is 18.9 Å². The minimum absolute atomic E-state index is 0.0509. The maximum absolute atomic E-state index is 13.5. The Morgan fingerprint density at radius 3 is 2.32 bits per heavy atom. The number of fused-ring (bicyclic) bond motifs is 2. The summed E-state index contributed by atoms with van der Waals surface area (Å²) in [7, 11) is -5.81. The predicted octanol–water partition coefficient (Wildman–Crippen LogP) is 4.95. The van der Waals surface area contributed by atoms with Crippen molar-refractivity contribution in [2.75, 3.05) is 5.32 Å². The van der Waals surface area contributed by atoms with Crippen LogP contribution in [0, 0.1) is 5.82 Å². The SMILES string of the molecule is O=S(=O)(Oc1ncc(Nc2cccc(F)c2)c2c1C1CCC2CC1)C(F)(F)F. The molecule has 0 radical (unpaired) electrons. The molecule has 2 bridgehead atoms. The lowest BCUT2D eigenvalue weighted by Gasteiger charge is -2.39. The van der Waals surface area contributed by atoms with Crippen LogP contribution in [0.25, 0.3) is 0 Å². The molecule has 3 aliphatic rings. The number of hydrogen-bond acceptors (Lipinski definition) is 5. The zero-order chi connectivity index (χ0) is 20.1. The zero-order valence-electron chi connectivity index (χ0n) is 14.5. The van der Waals surface area contributed by atoms with Gasteiger partial charge in [0.2, 0.25) is 5.88 Å². The van der Waals surface area contributed by atoms with E-state index in [1.54, 1.807) is 6.07 Å². The normalized spacial score (nSPS) is 21.3. The zero-order valence-corrected chi connectivity index (χ0v) is 15.3. The molecular weight excluding hydrogens is 400 g/mol. The van der Waals surface area contributed by atoms with Crippen LogP contribution >= 0.6 is 0 Å². The van der Waals surface area contributed by atoms with Gasteiger partial charge in [-0.3, -0.25) is 0 Å². The molecule has 0 atom stereocenters. The first-order valence-electron chi connectivity index (χ1n) is 8.72. The summed E-state index contributed by atoms with van der Waals surface area (Å²) < 4.78 is 79.1. The fourth-order valence-corrected chi connectivity index (χ4v) is 4.50. The molecule has 10 heteroatoms. The third-order valence-corrected chi connectivity index (χ3v) is 6.19. The van der Waals surface area contributed by atoms with Gasteiger partial charge in [0.25, 0.3) is 0 Å². The van der Waals surface area contributed by atoms with Gasteiger partial charge in [0.15, 0.2) is 0 Å². The van der Waals surface area contributed by atoms with Gasteiger partial charge >= 0.3 is 15.6 Å². The van der Waals surface area contributed by atoms with Gasteiger partial charge < -0.3 is 9.50 Å². The number of halogens is 4. The van der Waals surface area contributed by atoms with Gasteiger partial charge in [0.05, 0.1) is 11.9 Å². The molecule has 0 unspecified atom stereocenters. The number of nitrogens with zero attached hydrogens (tertiary/aromatic N) is 1. The molecule has 0 saturated heterocycles. The fourth-order valence-electron chi connectivity index (χ4n) is 4.07. The van der Waals surface area contributed by atoms with Gasteiger partial charge in [0, 0.05) is 11.3 Å². The Hall–Kier alpha value is -2.36. The van der Waals surface area contributed by atoms with Crippen molar-refractivity contribution in [3.8, 4) is 5.88 Å². The minimum atomic E-state index is -5.81. The van der Waals surface area contributed by atoms with E-state index in [9.17, 15) is 26.0 Å². The van der Waals surface area contributed by atoms with Crippen LogP contribution < -0.4 is 9.50 Å². The summed E-state index contributed by atoms with van der Waals surface area (Å²) in [4.78, 5) is 3.87. The molecule has 1 fully saturated rings. The first kappa shape index (κ1) is 19.0. The van der Waals surface area contributed by atoms with Crippen molar-refractivity contribution in [1.29, 1.82) is 0 Å². The average molecular weight is 416 g/mol. The molecule has 1 saturated carbocycles. The van der Waals surface area contributed by atoms with Crippen molar-refractivity contribution < 1.29 is 30.2 Å². The highest BCUT2D eigenvalue weighted by Gasteiger charge is 2.50. The largest absolute Gasteiger partial charge is 0.534 e. The maximum Gasteiger partial charge on any atom is 0.534 e. The Labute approximate surface area is 158 Å². The molecular formula is C18H16F4N2O3S. The molecule has 0 aliphatic heterocycles. The number of alkyl halides is 3. The molecule has 5 rings (SSSR count). The van der Waals surface area contributed by atoms with E-state index in [1.807, 2.05) is 0 Å². The molecule has 28 heavy (non-hydrogen) atoms. The fraction of sp³-hybridized carbons (Fsp3) is 0.389. The molecule has 1 N–H and O–H groups in total. The van der Waals surface area contributed by atoms with E-state index < -0.39 is 27.3 Å². The summed E-state index contributed by atoms with van der Waals surface area (Å²) in [5.74, 6) is -1.04. The lowest BCUT2D eigenvalue weighted by Crippen LogP contribution is -2.30. The van der Waals surface area contributed by atoms with Crippen LogP contribution in [0.3, 0.4) is 0 Å². The van der Waals surface area contributed by atoms with Crippen LogP contribution in [0.5, 0.6) is 5.88 Å². The van der Waals surface area contributed by atoms with E-state index in [2.05, 4.69) is 14.5 Å². The minimum Gasteiger partial charge on any atom is -0.355 e. The highest BCUT2D eigenvalue weighted by Crippen LogP contribution is 2.54. The first-order valence-corrected chi connectivity index (χ1v) is 10.1. The van der Waals surface area contributed by atoms with E-state index in [0.29, 0.717) is 22.5 Å². The Kier molecular flexibility index (Phi) is 4.48. The topological polar surface area (TPSA) is 68.3 Å². The van der Waals surface area contributed by atoms with Gasteiger partial charge in [-0.1, -0.05) is 6.07 Å². The molecule has 1 aromatic heterocycles. The second-order valence-electron chi connectivity index (χ2n) is 6.97. The molecule has 1 aromatic carbocycles. The Balaban J connectivity index is 1.78. The van der Waals surface area contributed by atoms with Crippen LogP contribution in [0.4, 0.5) is 28.9 Å². The lowest BCUT2D eigenvalue weighted by atomic mass is 9.67. The van der Waals surface area contributed by atoms with E-state index in [1.165, 1.54) is 24.4 Å². The average Bonchev–Trinajstić information content (AvgIpc) is 2.63. The van der Waals surface area contributed by atoms with Crippen molar-refractivity contribution in [1.82, 2.24) is 4.98 Å². The predicted molar refractivity (Wildman–Crippen MR) is 93.5 cm³/mol. The maximum atomic E-state index is 13.5. The van der Waals surface area contributed by atoms with Gasteiger partial charge in [0.1, 0.15) is 5.82 Å². The van der Waals surface area contributed by atoms with Crippen LogP contribution in [0.15, 0.2) is 30.5 Å². The molecule has 150 valence electrons. The number of rotatable bonds is 4. The Morgan fingerprint density at radius 2 is 1.71 bits per heavy atom. The van der Waals surface area contributed by atoms with Crippen molar-refractivity contribution in [2.45, 2.75) is 43.0 Å². The van der Waals surface area contributed by atoms with Gasteiger partial charge in [-0.05, 0) is 61.3 Å². The van der Waals surface area contributed by atoms with Crippen LogP contribution in [0.2, 0.25) is 0 Å². The van der Waals surface area contributed by atoms with Crippen LogP contribution in [-0.2, 0) is 10.1 Å². The Morgan fingerprint density at radius 1 is 1.07 bits per heavy atom. The van der Waals surface area contributed by atoms with Crippen LogP contribution in [0.1, 0.15) is 48.6 Å². The number of nitrogens with one attached hydrogen (secondary N) is 1. The second-order valence-corrected chi connectivity index (χ2v) is 8.51. The van der Waals surface area contributed by atoms with Gasteiger partial charge in [-0.15, -0.1) is 0 Å². The smallest absolute Gasteiger partial charge is 0.355 e. The highest BCUT2D eigenvalue weighted by molar-refractivity contribution is 7.87. The first-order chi connectivity index (χ1) is 13.2. The summed E-state index contributed by atoms with van der Waals surface area (Å²) in [5, 5.41) is 3.05. The second kappa shape index (κ2) is 6.61. The van der Waals surface area contributed by atoms with E-state index in [4.69, 9.17) is 0 Å². The summed E-state index contributed by atoms with van der Waals surface area (Å²) in [6, 6.07) is 5.75. The van der Waals surface area contributed by atoms with Crippen molar-refractivity contribution >= 4 is 21.5 Å². The van der Waals surface area contributed by atoms with E-state index in [0.717, 1.165) is 25.7 Å².